The van der Waals surface area contributed by atoms with E-state index in [9.17, 15) is 26.4 Å². The first-order chi connectivity index (χ1) is 16.4. The molecule has 0 bridgehead atoms. The van der Waals surface area contributed by atoms with Gasteiger partial charge in [0.25, 0.3) is 5.91 Å². The highest BCUT2D eigenvalue weighted by Gasteiger charge is 2.38. The van der Waals surface area contributed by atoms with E-state index in [4.69, 9.17) is 9.47 Å². The van der Waals surface area contributed by atoms with Gasteiger partial charge in [0.1, 0.15) is 6.33 Å². The summed E-state index contributed by atoms with van der Waals surface area (Å²) in [7, 11) is 1.21. The maximum Gasteiger partial charge on any atom is 0.434 e. The highest BCUT2D eigenvalue weighted by molar-refractivity contribution is 7.90. The molecule has 2 aromatic heterocycles. The van der Waals surface area contributed by atoms with E-state index >= 15 is 0 Å². The largest absolute Gasteiger partial charge is 0.480 e. The van der Waals surface area contributed by atoms with Crippen molar-refractivity contribution >= 4 is 38.3 Å². The van der Waals surface area contributed by atoms with Crippen molar-refractivity contribution in [1.29, 1.82) is 0 Å². The van der Waals surface area contributed by atoms with Gasteiger partial charge >= 0.3 is 16.4 Å². The zero-order valence-corrected chi connectivity index (χ0v) is 20.3. The summed E-state index contributed by atoms with van der Waals surface area (Å²) in [6, 6.07) is 5.36. The molecule has 1 aromatic carbocycles. The molecule has 0 saturated heterocycles. The SMILES string of the molecule is COc1ncnc(OC)c1C(=O)Nc1nc(C(F)(F)F)c(-c2cccc(NS(=O)(=O)N(C)C)c2)s1. The van der Waals surface area contributed by atoms with Crippen molar-refractivity contribution in [1.82, 2.24) is 19.3 Å². The Morgan fingerprint density at radius 1 is 1.11 bits per heavy atom. The predicted octanol–water partition coefficient (Wildman–Crippen LogP) is 3.11. The molecule has 16 heteroatoms. The number of hydrogen-bond acceptors (Lipinski definition) is 9. The Morgan fingerprint density at radius 2 is 1.74 bits per heavy atom. The average molecular weight is 533 g/mol. The van der Waals surface area contributed by atoms with Crippen LogP contribution in [0.1, 0.15) is 16.1 Å². The molecule has 0 atom stereocenters. The number of alkyl halides is 3. The van der Waals surface area contributed by atoms with Gasteiger partial charge in [-0.3, -0.25) is 14.8 Å². The number of nitrogens with one attached hydrogen (secondary N) is 2. The third kappa shape index (κ3) is 5.77. The number of carbonyl (C=O) groups is 1. The van der Waals surface area contributed by atoms with Gasteiger partial charge in [0.05, 0.1) is 24.8 Å². The van der Waals surface area contributed by atoms with Crippen molar-refractivity contribution in [2.45, 2.75) is 6.18 Å². The van der Waals surface area contributed by atoms with Gasteiger partial charge in [0.2, 0.25) is 11.8 Å². The lowest BCUT2D eigenvalue weighted by Crippen LogP contribution is -2.28. The molecule has 2 N–H and O–H groups in total. The Bertz CT molecular complexity index is 1320. The Kier molecular flexibility index (Phi) is 7.47. The molecule has 0 aliphatic heterocycles. The summed E-state index contributed by atoms with van der Waals surface area (Å²) in [5.41, 5.74) is -1.41. The van der Waals surface area contributed by atoms with E-state index in [1.54, 1.807) is 0 Å². The topological polar surface area (TPSA) is 136 Å². The molecule has 0 aliphatic carbocycles. The van der Waals surface area contributed by atoms with Crippen molar-refractivity contribution < 1.29 is 35.9 Å². The van der Waals surface area contributed by atoms with Crippen LogP contribution in [0, 0.1) is 0 Å². The predicted molar refractivity (Wildman–Crippen MR) is 122 cm³/mol. The first-order valence-corrected chi connectivity index (χ1v) is 11.8. The zero-order chi connectivity index (χ0) is 26.0. The lowest BCUT2D eigenvalue weighted by atomic mass is 10.1. The summed E-state index contributed by atoms with van der Waals surface area (Å²) in [5.74, 6) is -1.20. The van der Waals surface area contributed by atoms with Gasteiger partial charge in [-0.2, -0.15) is 25.9 Å². The summed E-state index contributed by atoms with van der Waals surface area (Å²) < 4.78 is 78.7. The van der Waals surface area contributed by atoms with Crippen molar-refractivity contribution in [3.63, 3.8) is 0 Å². The summed E-state index contributed by atoms with van der Waals surface area (Å²) in [5, 5.41) is 1.92. The van der Waals surface area contributed by atoms with E-state index in [-0.39, 0.29) is 38.6 Å². The van der Waals surface area contributed by atoms with Crippen molar-refractivity contribution in [3.05, 3.63) is 41.9 Å². The highest BCUT2D eigenvalue weighted by Crippen LogP contribution is 2.42. The van der Waals surface area contributed by atoms with Gasteiger partial charge in [-0.1, -0.05) is 23.5 Å². The minimum absolute atomic E-state index is 0.0347. The van der Waals surface area contributed by atoms with E-state index in [2.05, 4.69) is 25.0 Å². The minimum atomic E-state index is -4.86. The molecule has 0 radical (unpaired) electrons. The van der Waals surface area contributed by atoms with Crippen LogP contribution >= 0.6 is 11.3 Å². The number of hydrogen-bond donors (Lipinski definition) is 2. The normalized spacial score (nSPS) is 11.9. The van der Waals surface area contributed by atoms with E-state index in [0.717, 1.165) is 10.6 Å². The first-order valence-electron chi connectivity index (χ1n) is 9.50. The van der Waals surface area contributed by atoms with Crippen molar-refractivity contribution in [3.8, 4) is 22.2 Å². The standard InChI is InChI=1S/C19H19F3N6O5S2/c1-28(2)35(30,31)27-11-7-5-6-10(8-11)13-14(19(20,21)22)25-18(34-13)26-15(29)12-16(32-3)23-9-24-17(12)33-4/h5-9,27H,1-4H3,(H,25,26,29). The second kappa shape index (κ2) is 10.0. The number of anilines is 2. The number of halogens is 3. The second-order valence-electron chi connectivity index (χ2n) is 6.89. The van der Waals surface area contributed by atoms with Crippen LogP contribution in [0.15, 0.2) is 30.6 Å². The molecule has 0 spiro atoms. The smallest absolute Gasteiger partial charge is 0.434 e. The lowest BCUT2D eigenvalue weighted by molar-refractivity contribution is -0.140. The van der Waals surface area contributed by atoms with Gasteiger partial charge < -0.3 is 9.47 Å². The summed E-state index contributed by atoms with van der Waals surface area (Å²) in [6.45, 7) is 0. The number of carbonyl (C=O) groups excluding carboxylic acids is 1. The Morgan fingerprint density at radius 3 is 2.29 bits per heavy atom. The highest BCUT2D eigenvalue weighted by atomic mass is 32.2. The Labute approximate surface area is 202 Å². The quantitative estimate of drug-likeness (QED) is 0.452. The van der Waals surface area contributed by atoms with Gasteiger partial charge in [-0.25, -0.2) is 15.0 Å². The maximum absolute atomic E-state index is 13.8. The van der Waals surface area contributed by atoms with Gasteiger partial charge in [0.15, 0.2) is 16.4 Å². The fraction of sp³-hybridized carbons (Fsp3) is 0.263. The van der Waals surface area contributed by atoms with Gasteiger partial charge in [-0.05, 0) is 17.7 Å². The van der Waals surface area contributed by atoms with Crippen molar-refractivity contribution in [2.75, 3.05) is 38.4 Å². The van der Waals surface area contributed by atoms with E-state index in [1.807, 2.05) is 0 Å². The number of thiazole rings is 1. The molecule has 3 aromatic rings. The maximum atomic E-state index is 13.8. The average Bonchev–Trinajstić information content (AvgIpc) is 3.22. The molecular formula is C19H19F3N6O5S2. The molecule has 2 heterocycles. The second-order valence-corrected chi connectivity index (χ2v) is 9.77. The fourth-order valence-electron chi connectivity index (χ4n) is 2.74. The van der Waals surface area contributed by atoms with E-state index < -0.39 is 28.0 Å². The van der Waals surface area contributed by atoms with Crippen LogP contribution in [0.4, 0.5) is 24.0 Å². The first kappa shape index (κ1) is 26.1. The molecule has 0 unspecified atom stereocenters. The van der Waals surface area contributed by atoms with Crippen LogP contribution in [0.3, 0.4) is 0 Å². The Hall–Kier alpha value is -3.50. The molecule has 188 valence electrons. The molecule has 35 heavy (non-hydrogen) atoms. The van der Waals surface area contributed by atoms with Crippen LogP contribution in [-0.2, 0) is 16.4 Å². The molecule has 0 aliphatic rings. The summed E-state index contributed by atoms with van der Waals surface area (Å²) >= 11 is 0.549. The minimum Gasteiger partial charge on any atom is -0.480 e. The van der Waals surface area contributed by atoms with Crippen LogP contribution in [0.5, 0.6) is 11.8 Å². The Balaban J connectivity index is 2.02. The fourth-order valence-corrected chi connectivity index (χ4v) is 4.33. The number of ether oxygens (including phenoxy) is 2. The molecular weight excluding hydrogens is 513 g/mol. The van der Waals surface area contributed by atoms with Crippen LogP contribution in [0.25, 0.3) is 10.4 Å². The number of amides is 1. The molecule has 3 rings (SSSR count). The molecule has 1 amide bonds. The van der Waals surface area contributed by atoms with Crippen LogP contribution in [-0.4, -0.2) is 61.9 Å². The number of nitrogens with zero attached hydrogens (tertiary/aromatic N) is 4. The number of rotatable bonds is 8. The van der Waals surface area contributed by atoms with Crippen molar-refractivity contribution in [2.24, 2.45) is 0 Å². The van der Waals surface area contributed by atoms with E-state index in [1.165, 1.54) is 52.6 Å². The third-order valence-electron chi connectivity index (χ3n) is 4.36. The summed E-state index contributed by atoms with van der Waals surface area (Å²) in [4.78, 5) is 23.6. The van der Waals surface area contributed by atoms with Gasteiger partial charge in [0, 0.05) is 14.1 Å². The number of methoxy groups -OCH3 is 2. The zero-order valence-electron chi connectivity index (χ0n) is 18.7. The molecule has 11 nitrogen and oxygen atoms in total. The number of aromatic nitrogens is 3. The third-order valence-corrected chi connectivity index (χ3v) is 6.83. The van der Waals surface area contributed by atoms with Crippen LogP contribution in [0.2, 0.25) is 0 Å². The van der Waals surface area contributed by atoms with Crippen LogP contribution < -0.4 is 19.5 Å². The monoisotopic (exact) mass is 532 g/mol. The number of benzene rings is 1. The molecule has 0 fully saturated rings. The lowest BCUT2D eigenvalue weighted by Gasteiger charge is -2.14. The molecule has 0 saturated carbocycles. The van der Waals surface area contributed by atoms with Gasteiger partial charge in [-0.15, -0.1) is 0 Å². The van der Waals surface area contributed by atoms with E-state index in [0.29, 0.717) is 11.3 Å². The summed E-state index contributed by atoms with van der Waals surface area (Å²) in [6.07, 6.45) is -3.77.